The molecule has 1 rings (SSSR count). The van der Waals surface area contributed by atoms with Gasteiger partial charge in [-0.15, -0.1) is 21.7 Å². The molecule has 0 spiro atoms. The van der Waals surface area contributed by atoms with Crippen molar-refractivity contribution in [3.05, 3.63) is 18.5 Å². The molecule has 0 saturated heterocycles. The van der Waals surface area contributed by atoms with E-state index in [4.69, 9.17) is 5.73 Å². The number of hydrogen-bond donors (Lipinski definition) is 1. The molecule has 5 heteroatoms. The van der Waals surface area contributed by atoms with E-state index in [-0.39, 0.29) is 34.0 Å². The Morgan fingerprint density at radius 1 is 1.50 bits per heavy atom. The molecular weight excluding hydrogens is 286 g/mol. The summed E-state index contributed by atoms with van der Waals surface area (Å²) in [5, 5.41) is 0. The largest absolute Gasteiger partial charge is 1.00 e. The molecule has 0 amide bonds. The van der Waals surface area contributed by atoms with E-state index in [0.717, 1.165) is 19.5 Å². The van der Waals surface area contributed by atoms with Crippen molar-refractivity contribution in [1.29, 1.82) is 0 Å². The lowest BCUT2D eigenvalue weighted by Crippen LogP contribution is -3.00. The van der Waals surface area contributed by atoms with Gasteiger partial charge in [0.2, 0.25) is 0 Å². The lowest BCUT2D eigenvalue weighted by atomic mass is 10.4. The summed E-state index contributed by atoms with van der Waals surface area (Å²) in [4.78, 5) is 0. The zero-order valence-corrected chi connectivity index (χ0v) is 10.4. The maximum atomic E-state index is 5.37. The quantitative estimate of drug-likeness (QED) is 0.603. The van der Waals surface area contributed by atoms with Gasteiger partial charge in [0.25, 0.3) is 0 Å². The van der Waals surface area contributed by atoms with Crippen LogP contribution in [-0.2, 0) is 13.6 Å². The summed E-state index contributed by atoms with van der Waals surface area (Å²) in [6.45, 7) is 1.78. The van der Waals surface area contributed by atoms with Gasteiger partial charge in [-0.1, -0.05) is 0 Å². The van der Waals surface area contributed by atoms with Crippen molar-refractivity contribution < 1.29 is 21.7 Å². The molecule has 1 aromatic rings. The van der Waals surface area contributed by atoms with Crippen molar-refractivity contribution in [1.82, 2.24) is 4.68 Å². The summed E-state index contributed by atoms with van der Waals surface area (Å²) < 4.78 is 4.18. The molecule has 12 heavy (non-hydrogen) atoms. The van der Waals surface area contributed by atoms with Crippen LogP contribution in [-0.4, -0.2) is 11.2 Å². The van der Waals surface area contributed by atoms with Crippen molar-refractivity contribution in [2.75, 3.05) is 6.54 Å². The van der Waals surface area contributed by atoms with E-state index in [1.165, 1.54) is 0 Å². The summed E-state index contributed by atoms with van der Waals surface area (Å²) in [5.41, 5.74) is 5.37. The highest BCUT2D eigenvalue weighted by Gasteiger charge is 1.98. The predicted molar refractivity (Wildman–Crippen MR) is 49.6 cm³/mol. The molecule has 0 aromatic carbocycles. The highest BCUT2D eigenvalue weighted by atomic mass is 79.9. The van der Waals surface area contributed by atoms with Gasteiger partial charge in [0.05, 0.1) is 12.7 Å². The van der Waals surface area contributed by atoms with Gasteiger partial charge in [0.15, 0.2) is 13.2 Å². The van der Waals surface area contributed by atoms with Crippen LogP contribution in [0.1, 0.15) is 6.42 Å². The fourth-order valence-electron chi connectivity index (χ4n) is 0.939. The first-order chi connectivity index (χ1) is 4.84. The summed E-state index contributed by atoms with van der Waals surface area (Å²) in [5.74, 6) is 0. The summed E-state index contributed by atoms with van der Waals surface area (Å²) in [6, 6.07) is 2.02. The molecule has 0 aliphatic carbocycles. The molecule has 72 valence electrons. The van der Waals surface area contributed by atoms with Crippen molar-refractivity contribution in [3.63, 3.8) is 0 Å². The molecule has 0 aliphatic rings. The first-order valence-corrected chi connectivity index (χ1v) is 3.55. The van der Waals surface area contributed by atoms with E-state index in [9.17, 15) is 0 Å². The van der Waals surface area contributed by atoms with Crippen LogP contribution in [0.4, 0.5) is 0 Å². The van der Waals surface area contributed by atoms with E-state index in [2.05, 4.69) is 15.6 Å². The first-order valence-electron chi connectivity index (χ1n) is 3.55. The Balaban J connectivity index is 0. The molecule has 0 saturated carbocycles. The number of halogens is 2. The average Bonchev–Trinajstić information content (AvgIpc) is 2.31. The Hall–Kier alpha value is 0.130. The highest BCUT2D eigenvalue weighted by Crippen LogP contribution is 1.84. The number of aromatic nitrogens is 2. The summed E-state index contributed by atoms with van der Waals surface area (Å²) in [6.07, 6.45) is 5.12. The first kappa shape index (κ1) is 14.6. The fraction of sp³-hybridized carbons (Fsp3) is 0.571. The van der Waals surface area contributed by atoms with Crippen LogP contribution in [0.2, 0.25) is 0 Å². The maximum absolute atomic E-state index is 5.37. The zero-order chi connectivity index (χ0) is 7.40. The SMILES string of the molecule is Br.C[n+]1cccn1CCCN.[Br-]. The fourth-order valence-corrected chi connectivity index (χ4v) is 0.939. The minimum atomic E-state index is 0. The van der Waals surface area contributed by atoms with Crippen LogP contribution >= 0.6 is 17.0 Å². The Morgan fingerprint density at radius 2 is 2.17 bits per heavy atom. The predicted octanol–water partition coefficient (Wildman–Crippen LogP) is -2.76. The second kappa shape index (κ2) is 7.76. The molecule has 2 N–H and O–H groups in total. The van der Waals surface area contributed by atoms with Crippen LogP contribution in [0, 0.1) is 0 Å². The number of nitrogens with zero attached hydrogens (tertiary/aromatic N) is 2. The van der Waals surface area contributed by atoms with Crippen LogP contribution in [0.25, 0.3) is 0 Å². The average molecular weight is 301 g/mol. The molecule has 0 bridgehead atoms. The van der Waals surface area contributed by atoms with E-state index >= 15 is 0 Å². The molecule has 0 radical (unpaired) electrons. The van der Waals surface area contributed by atoms with Gasteiger partial charge in [0.1, 0.15) is 0 Å². The number of aryl methyl sites for hydroxylation is 2. The second-order valence-corrected chi connectivity index (χ2v) is 2.37. The minimum Gasteiger partial charge on any atom is -1.00 e. The molecule has 0 unspecified atom stereocenters. The van der Waals surface area contributed by atoms with Crippen molar-refractivity contribution >= 4 is 17.0 Å². The molecule has 1 heterocycles. The van der Waals surface area contributed by atoms with Gasteiger partial charge in [-0.2, -0.15) is 4.68 Å². The van der Waals surface area contributed by atoms with Gasteiger partial charge in [-0.05, 0) is 13.0 Å². The lowest BCUT2D eigenvalue weighted by molar-refractivity contribution is -0.753. The highest BCUT2D eigenvalue weighted by molar-refractivity contribution is 8.93. The number of rotatable bonds is 3. The van der Waals surface area contributed by atoms with E-state index in [1.54, 1.807) is 0 Å². The summed E-state index contributed by atoms with van der Waals surface area (Å²) in [7, 11) is 2.02. The Morgan fingerprint density at radius 3 is 2.58 bits per heavy atom. The molecule has 1 aromatic heterocycles. The zero-order valence-electron chi connectivity index (χ0n) is 7.11. The van der Waals surface area contributed by atoms with Crippen molar-refractivity contribution in [2.45, 2.75) is 13.0 Å². The third kappa shape index (κ3) is 4.23. The third-order valence-electron chi connectivity index (χ3n) is 1.56. The van der Waals surface area contributed by atoms with Gasteiger partial charge >= 0.3 is 0 Å². The maximum Gasteiger partial charge on any atom is 0.195 e. The minimum absolute atomic E-state index is 0. The van der Waals surface area contributed by atoms with Gasteiger partial charge in [-0.25, -0.2) is 0 Å². The lowest BCUT2D eigenvalue weighted by Gasteiger charge is -1.96. The Labute approximate surface area is 94.1 Å². The van der Waals surface area contributed by atoms with Crippen LogP contribution < -0.4 is 27.4 Å². The molecule has 0 aliphatic heterocycles. The Bertz CT molecular complexity index is 200. The van der Waals surface area contributed by atoms with E-state index in [0.29, 0.717) is 0 Å². The molecule has 0 atom stereocenters. The Kier molecular flexibility index (Phi) is 9.47. The van der Waals surface area contributed by atoms with E-state index in [1.807, 2.05) is 19.3 Å². The van der Waals surface area contributed by atoms with E-state index < -0.39 is 0 Å². The van der Waals surface area contributed by atoms with Gasteiger partial charge in [0, 0.05) is 6.07 Å². The van der Waals surface area contributed by atoms with Gasteiger partial charge in [-0.3, -0.25) is 0 Å². The normalized spacial score (nSPS) is 8.50. The number of nitrogens with two attached hydrogens (primary N) is 1. The molecule has 3 nitrogen and oxygen atoms in total. The molecule has 0 fully saturated rings. The smallest absolute Gasteiger partial charge is 0.195 e. The molecular formula is C7H15Br2N3. The van der Waals surface area contributed by atoms with Crippen LogP contribution in [0.5, 0.6) is 0 Å². The van der Waals surface area contributed by atoms with Crippen molar-refractivity contribution in [3.8, 4) is 0 Å². The number of hydrogen-bond acceptors (Lipinski definition) is 1. The second-order valence-electron chi connectivity index (χ2n) is 2.37. The van der Waals surface area contributed by atoms with Crippen LogP contribution in [0.15, 0.2) is 18.5 Å². The van der Waals surface area contributed by atoms with Crippen LogP contribution in [0.3, 0.4) is 0 Å². The van der Waals surface area contributed by atoms with Gasteiger partial charge < -0.3 is 22.7 Å². The summed E-state index contributed by atoms with van der Waals surface area (Å²) >= 11 is 0. The monoisotopic (exact) mass is 299 g/mol. The third-order valence-corrected chi connectivity index (χ3v) is 1.56. The standard InChI is InChI=1S/C7H14N3.2BrH/c1-9-5-3-7-10(9)6-2-4-8;;/h3,5,7H,2,4,6,8H2,1H3;2*1H/q+1;;/p-1. The van der Waals surface area contributed by atoms with Crippen molar-refractivity contribution in [2.24, 2.45) is 12.8 Å². The topological polar surface area (TPSA) is 34.8 Å².